The lowest BCUT2D eigenvalue weighted by molar-refractivity contribution is -0.219. The number of hydrogen-bond acceptors (Lipinski definition) is 14. The second-order valence-corrected chi connectivity index (χ2v) is 32.5. The van der Waals surface area contributed by atoms with E-state index in [-0.39, 0.29) is 84.1 Å². The van der Waals surface area contributed by atoms with Gasteiger partial charge >= 0.3 is 12.4 Å². The Morgan fingerprint density at radius 1 is 0.655 bits per heavy atom. The summed E-state index contributed by atoms with van der Waals surface area (Å²) in [5.41, 5.74) is -2.52. The predicted octanol–water partition coefficient (Wildman–Crippen LogP) is 6.76. The van der Waals surface area contributed by atoms with Crippen LogP contribution in [0.25, 0.3) is 0 Å². The van der Waals surface area contributed by atoms with Gasteiger partial charge < -0.3 is 69.5 Å². The zero-order valence-electron chi connectivity index (χ0n) is 67.2. The van der Waals surface area contributed by atoms with E-state index < -0.39 is 268 Å². The molecule has 3 aliphatic heterocycles. The summed E-state index contributed by atoms with van der Waals surface area (Å²) in [6.45, 7) is 5.95. The second kappa shape index (κ2) is 40.0. The van der Waals surface area contributed by atoms with Gasteiger partial charge in [0, 0.05) is 101 Å². The Labute approximate surface area is 655 Å². The first-order valence-electron chi connectivity index (χ1n) is 39.9. The van der Waals surface area contributed by atoms with Crippen LogP contribution in [0.5, 0.6) is 0 Å². The minimum absolute atomic E-state index is 0.0248. The molecule has 12 atom stereocenters. The van der Waals surface area contributed by atoms with E-state index in [9.17, 15) is 50.3 Å². The van der Waals surface area contributed by atoms with Crippen LogP contribution in [0.3, 0.4) is 0 Å². The van der Waals surface area contributed by atoms with Gasteiger partial charge in [-0.15, -0.1) is 0 Å². The largest absolute Gasteiger partial charge is 0.397 e. The summed E-state index contributed by atoms with van der Waals surface area (Å²) in [7, 11) is 8.84. The molecule has 6 fully saturated rings. The van der Waals surface area contributed by atoms with Gasteiger partial charge in [0.15, 0.2) is 0 Å². The van der Waals surface area contributed by atoms with Crippen LogP contribution in [0, 0.1) is 35.5 Å². The summed E-state index contributed by atoms with van der Waals surface area (Å²) in [5, 5.41) is 7.82. The highest BCUT2D eigenvalue weighted by Gasteiger charge is 2.65. The molecule has 12 amide bonds. The molecule has 3 N–H and O–H groups in total. The zero-order valence-corrected chi connectivity index (χ0v) is 67.2. The smallest absolute Gasteiger partial charge is 0.379 e. The van der Waals surface area contributed by atoms with Gasteiger partial charge in [-0.1, -0.05) is 59.1 Å². The summed E-state index contributed by atoms with van der Waals surface area (Å²) in [4.78, 5) is 191. The second-order valence-electron chi connectivity index (χ2n) is 32.5. The molecule has 1 spiro atoms. The number of fused-ring (bicyclic) bond motifs is 3. The van der Waals surface area contributed by atoms with Crippen molar-refractivity contribution in [3.05, 3.63) is 12.2 Å². The molecule has 640 valence electrons. The molecule has 2 unspecified atom stereocenters. The third-order valence-corrected chi connectivity index (χ3v) is 24.2. The molecule has 0 aromatic carbocycles. The van der Waals surface area contributed by atoms with E-state index in [1.165, 1.54) is 52.1 Å². The van der Waals surface area contributed by atoms with Gasteiger partial charge in [-0.25, -0.2) is 17.6 Å². The molecule has 4 saturated carbocycles. The maximum atomic E-state index is 15.8. The van der Waals surface area contributed by atoms with Gasteiger partial charge in [0.25, 0.3) is 5.92 Å². The normalized spacial score (nSPS) is 31.5. The monoisotopic (exact) mass is 1620 g/mol. The molecule has 0 radical (unpaired) electrons. The Bertz CT molecular complexity index is 3360. The van der Waals surface area contributed by atoms with E-state index >= 15 is 51.1 Å². The fraction of sp³-hybridized carbons (Fsp3) is 0.818. The molecular weight excluding hydrogens is 1510 g/mol. The molecule has 4 aliphatic carbocycles. The molecular formula is C77H118F10N12O14. The lowest BCUT2D eigenvalue weighted by atomic mass is 9.71. The average Bonchev–Trinajstić information content (AvgIpc) is 1.28. The van der Waals surface area contributed by atoms with Crippen LogP contribution in [-0.4, -0.2) is 307 Å². The van der Waals surface area contributed by atoms with Crippen LogP contribution in [0.1, 0.15) is 176 Å². The van der Waals surface area contributed by atoms with Crippen molar-refractivity contribution in [3.8, 4) is 0 Å². The average molecular weight is 1630 g/mol. The van der Waals surface area contributed by atoms with E-state index in [0.29, 0.717) is 38.5 Å². The summed E-state index contributed by atoms with van der Waals surface area (Å²) in [5.74, 6) is -22.8. The third kappa shape index (κ3) is 23.0. The molecule has 7 rings (SSSR count). The summed E-state index contributed by atoms with van der Waals surface area (Å²) in [6, 6.07) is -12.7. The fourth-order valence-electron chi connectivity index (χ4n) is 17.4. The van der Waals surface area contributed by atoms with Gasteiger partial charge in [0.2, 0.25) is 70.9 Å². The lowest BCUT2D eigenvalue weighted by Gasteiger charge is -2.50. The van der Waals surface area contributed by atoms with Gasteiger partial charge in [0.05, 0.1) is 38.1 Å². The first kappa shape index (κ1) is 92.8. The Balaban J connectivity index is 1.35. The molecule has 0 aromatic rings. The van der Waals surface area contributed by atoms with Crippen LogP contribution < -0.4 is 16.0 Å². The quantitative estimate of drug-likeness (QED) is 0.0771. The number of likely N-dealkylation sites (N-methyl/N-ethyl adjacent to an activating group) is 7. The number of nitrogens with one attached hydrogen (secondary N) is 3. The SMILES string of the molecule is CCCOC[C@H]1C(=O)N[C@@H]([C@@H](C)CC)C(=O)N(C)CC(=O)N(C)[C@H]2C/C=C\CCN(C2=O)[C@@H](CC2CCC(C(F)(F)F)CC2)C(=O)N(C)CC(=O)N[C@@H](CCC2CC(F)C(C(F)(F)F)C(F)C2)C(=O)N2C[C@H](OCC)C[C@H]2C(=O)NC2(CC(F)(F)C2)C(=O)N(C)[C@@H](C2CCCC2)C(=O)N(C)[C@H](C(=O)N(C)CCC)CC(=O)N1C. The number of ether oxygens (including phenoxy) is 2. The standard InChI is InChI=1S/C77H118F10N12O14/c1-13-31-91(6)68(106)56-38-60(101)95(10)58(42-112-33-14-2)65(103)89-63(45(5)15-3)71(109)93(8)41-61(102)94(9)54-24-18-17-21-32-98(70(54)108)57(36-46-25-28-49(29-26-46)76(82,83)84)69(107)92(7)40-59(100)88-53(30-27-47-34-51(78)62(52(79)35-47)77(85,86)87)67(105)99-39-50(113-16-4)37-55(99)66(104)90-74(43-75(80,81)44-74)73(111)97(12)64(72(110)96(56)11)48-22-19-20-23-48/h17-18,45-58,62-64H,13-16,19-44H2,1-12H3,(H,88,100)(H,89,103)(H,90,104)/b18-17-/t45-,46?,47?,49?,50+,51?,52?,53-,54-,55-,56-,57-,58-,62?,63-,64-/m0/s1. The highest BCUT2D eigenvalue weighted by Crippen LogP contribution is 2.49. The maximum Gasteiger partial charge on any atom is 0.397 e. The fourth-order valence-corrected chi connectivity index (χ4v) is 17.4. The first-order valence-corrected chi connectivity index (χ1v) is 39.9. The topological polar surface area (TPSA) is 289 Å². The molecule has 0 aromatic heterocycles. The highest BCUT2D eigenvalue weighted by atomic mass is 19.4. The van der Waals surface area contributed by atoms with Crippen molar-refractivity contribution in [2.45, 2.75) is 266 Å². The summed E-state index contributed by atoms with van der Waals surface area (Å²) in [6.07, 6.45) is -17.7. The van der Waals surface area contributed by atoms with E-state index in [1.807, 2.05) is 0 Å². The van der Waals surface area contributed by atoms with Crippen LogP contribution in [0.4, 0.5) is 43.9 Å². The van der Waals surface area contributed by atoms with Gasteiger partial charge in [0.1, 0.15) is 72.1 Å². The molecule has 7 aliphatic rings. The van der Waals surface area contributed by atoms with Crippen molar-refractivity contribution in [1.29, 1.82) is 0 Å². The number of carbonyl (C=O) groups is 12. The Kier molecular flexibility index (Phi) is 32.8. The van der Waals surface area contributed by atoms with Crippen LogP contribution in [0.2, 0.25) is 0 Å². The predicted molar refractivity (Wildman–Crippen MR) is 392 cm³/mol. The van der Waals surface area contributed by atoms with Crippen LogP contribution in [0.15, 0.2) is 12.2 Å². The molecule has 2 saturated heterocycles. The van der Waals surface area contributed by atoms with Crippen LogP contribution >= 0.6 is 0 Å². The van der Waals surface area contributed by atoms with E-state index in [0.717, 1.165) is 41.3 Å². The van der Waals surface area contributed by atoms with Crippen LogP contribution in [-0.2, 0) is 67.0 Å². The number of halogens is 10. The van der Waals surface area contributed by atoms with E-state index in [4.69, 9.17) is 9.47 Å². The number of carbonyl (C=O) groups excluding carboxylic acids is 12. The molecule has 113 heavy (non-hydrogen) atoms. The number of rotatable bonds is 17. The lowest BCUT2D eigenvalue weighted by Crippen LogP contribution is -2.72. The first-order chi connectivity index (χ1) is 53.0. The molecule has 2 bridgehead atoms. The molecule has 26 nitrogen and oxygen atoms in total. The van der Waals surface area contributed by atoms with Gasteiger partial charge in [-0.3, -0.25) is 57.5 Å². The van der Waals surface area contributed by atoms with Crippen molar-refractivity contribution in [2.75, 3.05) is 102 Å². The van der Waals surface area contributed by atoms with Crippen molar-refractivity contribution < 1.29 is 111 Å². The number of hydrogen-bond donors (Lipinski definition) is 3. The molecule has 3 heterocycles. The Morgan fingerprint density at radius 3 is 1.86 bits per heavy atom. The number of nitrogens with zero attached hydrogens (tertiary/aromatic N) is 9. The minimum atomic E-state index is -5.27. The van der Waals surface area contributed by atoms with Gasteiger partial charge in [-0.05, 0) is 127 Å². The Morgan fingerprint density at radius 2 is 1.28 bits per heavy atom. The number of alkyl halides is 10. The van der Waals surface area contributed by atoms with Gasteiger partial charge in [-0.2, -0.15) is 26.3 Å². The van der Waals surface area contributed by atoms with Crippen molar-refractivity contribution in [3.63, 3.8) is 0 Å². The number of amides is 12. The van der Waals surface area contributed by atoms with E-state index in [2.05, 4.69) is 16.0 Å². The minimum Gasteiger partial charge on any atom is -0.379 e. The summed E-state index contributed by atoms with van der Waals surface area (Å²) < 4.78 is 159. The zero-order chi connectivity index (χ0) is 84.1. The maximum absolute atomic E-state index is 15.8. The van der Waals surface area contributed by atoms with Crippen molar-refractivity contribution in [2.24, 2.45) is 35.5 Å². The van der Waals surface area contributed by atoms with Crippen molar-refractivity contribution in [1.82, 2.24) is 60.0 Å². The summed E-state index contributed by atoms with van der Waals surface area (Å²) >= 11 is 0. The Hall–Kier alpha value is -7.40. The van der Waals surface area contributed by atoms with E-state index in [1.54, 1.807) is 46.8 Å². The molecule has 36 heteroatoms. The third-order valence-electron chi connectivity index (χ3n) is 24.2. The van der Waals surface area contributed by atoms with Crippen molar-refractivity contribution >= 4 is 70.9 Å². The highest BCUT2D eigenvalue weighted by molar-refractivity contribution is 6.01.